The maximum atomic E-state index is 12.9. The highest BCUT2D eigenvalue weighted by molar-refractivity contribution is 5.82. The molecule has 0 amide bonds. The number of anilines is 1. The smallest absolute Gasteiger partial charge is 0.449 e. The summed E-state index contributed by atoms with van der Waals surface area (Å²) in [6.07, 6.45) is 0.357. The Labute approximate surface area is 197 Å². The van der Waals surface area contributed by atoms with Crippen LogP contribution in [0.5, 0.6) is 5.75 Å². The number of aliphatic hydroxyl groups is 1. The van der Waals surface area contributed by atoms with Crippen molar-refractivity contribution >= 4 is 22.7 Å². The van der Waals surface area contributed by atoms with E-state index in [0.29, 0.717) is 17.3 Å². The number of benzene rings is 3. The summed E-state index contributed by atoms with van der Waals surface area (Å²) in [6.45, 7) is 0.809. The summed E-state index contributed by atoms with van der Waals surface area (Å²) in [7, 11) is 2.05. The van der Waals surface area contributed by atoms with E-state index in [-0.39, 0.29) is 18.9 Å². The van der Waals surface area contributed by atoms with Crippen LogP contribution in [0, 0.1) is 0 Å². The molecule has 0 aliphatic rings. The molecule has 0 saturated heterocycles. The van der Waals surface area contributed by atoms with E-state index in [0.717, 1.165) is 23.4 Å². The topological polar surface area (TPSA) is 92.0 Å². The number of carbonyl (C=O) groups is 1. The molecule has 1 heterocycles. The number of fused-ring (bicyclic) bond motifs is 1. The van der Waals surface area contributed by atoms with Crippen molar-refractivity contribution in [1.82, 2.24) is 4.57 Å². The summed E-state index contributed by atoms with van der Waals surface area (Å²) in [5, 5.41) is 18.7. The van der Waals surface area contributed by atoms with Gasteiger partial charge >= 0.3 is 6.16 Å². The lowest BCUT2D eigenvalue weighted by molar-refractivity contribution is 0.143. The lowest BCUT2D eigenvalue weighted by Crippen LogP contribution is -2.18. The third-order valence-corrected chi connectivity index (χ3v) is 5.71. The number of ether oxygens (including phenoxy) is 1. The van der Waals surface area contributed by atoms with Crippen LogP contribution < -0.4 is 15.1 Å². The van der Waals surface area contributed by atoms with Gasteiger partial charge in [0.2, 0.25) is 5.43 Å². The molecule has 0 atom stereocenters. The van der Waals surface area contributed by atoms with E-state index in [1.165, 1.54) is 11.8 Å². The summed E-state index contributed by atoms with van der Waals surface area (Å²) in [5.41, 5.74) is 4.42. The van der Waals surface area contributed by atoms with Crippen molar-refractivity contribution in [1.29, 1.82) is 0 Å². The normalized spacial score (nSPS) is 10.9. The van der Waals surface area contributed by atoms with Gasteiger partial charge in [-0.25, -0.2) is 4.79 Å². The lowest BCUT2D eigenvalue weighted by Gasteiger charge is -2.23. The Balaban J connectivity index is 1.69. The van der Waals surface area contributed by atoms with Crippen molar-refractivity contribution in [3.05, 3.63) is 106 Å². The summed E-state index contributed by atoms with van der Waals surface area (Å²) in [6, 6.07) is 23.9. The predicted octanol–water partition coefficient (Wildman–Crippen LogP) is 4.28. The number of hydrogen-bond acceptors (Lipinski definition) is 5. The highest BCUT2D eigenvalue weighted by atomic mass is 16.7. The fourth-order valence-corrected chi connectivity index (χ4v) is 4.18. The summed E-state index contributed by atoms with van der Waals surface area (Å²) in [4.78, 5) is 26.2. The van der Waals surface area contributed by atoms with Gasteiger partial charge in [-0.2, -0.15) is 0 Å². The van der Waals surface area contributed by atoms with Crippen molar-refractivity contribution in [2.24, 2.45) is 0 Å². The third kappa shape index (κ3) is 5.10. The van der Waals surface area contributed by atoms with Gasteiger partial charge in [0.1, 0.15) is 0 Å². The number of pyridine rings is 1. The predicted molar refractivity (Wildman–Crippen MR) is 132 cm³/mol. The Hall–Kier alpha value is -4.10. The van der Waals surface area contributed by atoms with Crippen LogP contribution in [0.15, 0.2) is 83.8 Å². The van der Waals surface area contributed by atoms with Crippen molar-refractivity contribution < 1.29 is 19.7 Å². The number of rotatable bonds is 8. The molecule has 0 aliphatic carbocycles. The van der Waals surface area contributed by atoms with Crippen LogP contribution in [0.25, 0.3) is 10.9 Å². The van der Waals surface area contributed by atoms with Gasteiger partial charge in [0.25, 0.3) is 0 Å². The fraction of sp³-hybridized carbons (Fsp3) is 0.185. The quantitative estimate of drug-likeness (QED) is 0.383. The second kappa shape index (κ2) is 10.2. The summed E-state index contributed by atoms with van der Waals surface area (Å²) < 4.78 is 6.33. The molecule has 4 rings (SSSR count). The van der Waals surface area contributed by atoms with Gasteiger partial charge in [0.15, 0.2) is 5.75 Å². The maximum Gasteiger partial charge on any atom is 0.511 e. The molecule has 7 heteroatoms. The molecule has 3 aromatic carbocycles. The first kappa shape index (κ1) is 23.1. The standard InChI is InChI=1S/C27H26N2O5/c1-28(17-19-7-3-2-4-8-19)23-10-6-5-9-21(23)15-20-11-12-24-22(16-20)26(31)25(34-27(32)33)18-29(24)13-14-30/h2-12,16,18,30H,13-15,17H2,1H3,(H,32,33). The minimum absolute atomic E-state index is 0.159. The van der Waals surface area contributed by atoms with E-state index in [2.05, 4.69) is 36.2 Å². The molecule has 0 radical (unpaired) electrons. The molecule has 0 saturated carbocycles. The van der Waals surface area contributed by atoms with Crippen LogP contribution in [0.3, 0.4) is 0 Å². The van der Waals surface area contributed by atoms with Gasteiger partial charge in [-0.15, -0.1) is 0 Å². The van der Waals surface area contributed by atoms with E-state index >= 15 is 0 Å². The van der Waals surface area contributed by atoms with E-state index in [4.69, 9.17) is 9.84 Å². The average molecular weight is 459 g/mol. The zero-order chi connectivity index (χ0) is 24.1. The number of aromatic nitrogens is 1. The van der Waals surface area contributed by atoms with Crippen LogP contribution in [0.1, 0.15) is 16.7 Å². The number of carboxylic acid groups (broad SMARTS) is 1. The SMILES string of the molecule is CN(Cc1ccccc1)c1ccccc1Cc1ccc2c(c1)c(=O)c(OC(=O)O)cn2CCO. The number of hydrogen-bond donors (Lipinski definition) is 2. The number of para-hydroxylation sites is 1. The number of aliphatic hydroxyl groups excluding tert-OH is 1. The molecule has 34 heavy (non-hydrogen) atoms. The van der Waals surface area contributed by atoms with Crippen molar-refractivity contribution in [3.8, 4) is 5.75 Å². The molecular formula is C27H26N2O5. The van der Waals surface area contributed by atoms with Crippen LogP contribution in [0.2, 0.25) is 0 Å². The molecular weight excluding hydrogens is 432 g/mol. The largest absolute Gasteiger partial charge is 0.511 e. The highest BCUT2D eigenvalue weighted by Crippen LogP contribution is 2.25. The molecule has 1 aromatic heterocycles. The van der Waals surface area contributed by atoms with Gasteiger partial charge in [-0.1, -0.05) is 54.6 Å². The van der Waals surface area contributed by atoms with Crippen LogP contribution in [-0.2, 0) is 19.5 Å². The van der Waals surface area contributed by atoms with Crippen LogP contribution in [0.4, 0.5) is 10.5 Å². The molecule has 7 nitrogen and oxygen atoms in total. The Bertz CT molecular complexity index is 1360. The van der Waals surface area contributed by atoms with Gasteiger partial charge in [0.05, 0.1) is 18.3 Å². The van der Waals surface area contributed by atoms with Gasteiger partial charge in [0, 0.05) is 31.2 Å². The first-order chi connectivity index (χ1) is 16.5. The average Bonchev–Trinajstić information content (AvgIpc) is 2.83. The zero-order valence-corrected chi connectivity index (χ0v) is 18.8. The monoisotopic (exact) mass is 458 g/mol. The third-order valence-electron chi connectivity index (χ3n) is 5.71. The first-order valence-corrected chi connectivity index (χ1v) is 11.0. The number of nitrogens with zero attached hydrogens (tertiary/aromatic N) is 2. The minimum Gasteiger partial charge on any atom is -0.449 e. The Morgan fingerprint density at radius 3 is 2.47 bits per heavy atom. The zero-order valence-electron chi connectivity index (χ0n) is 18.8. The maximum absolute atomic E-state index is 12.9. The van der Waals surface area contributed by atoms with Crippen molar-refractivity contribution in [2.45, 2.75) is 19.5 Å². The molecule has 2 N–H and O–H groups in total. The fourth-order valence-electron chi connectivity index (χ4n) is 4.18. The van der Waals surface area contributed by atoms with E-state index in [9.17, 15) is 14.7 Å². The summed E-state index contributed by atoms with van der Waals surface area (Å²) >= 11 is 0. The van der Waals surface area contributed by atoms with Crippen molar-refractivity contribution in [2.75, 3.05) is 18.6 Å². The molecule has 0 fully saturated rings. The second-order valence-electron chi connectivity index (χ2n) is 8.11. The highest BCUT2D eigenvalue weighted by Gasteiger charge is 2.15. The molecule has 0 bridgehead atoms. The molecule has 0 aliphatic heterocycles. The minimum atomic E-state index is -1.56. The first-order valence-electron chi connectivity index (χ1n) is 11.0. The Morgan fingerprint density at radius 2 is 1.74 bits per heavy atom. The van der Waals surface area contributed by atoms with Crippen LogP contribution in [-0.4, -0.2) is 34.6 Å². The molecule has 0 unspecified atom stereocenters. The van der Waals surface area contributed by atoms with Gasteiger partial charge < -0.3 is 24.4 Å². The van der Waals surface area contributed by atoms with Crippen molar-refractivity contribution in [3.63, 3.8) is 0 Å². The molecule has 174 valence electrons. The molecule has 0 spiro atoms. The van der Waals surface area contributed by atoms with Gasteiger partial charge in [-0.3, -0.25) is 4.79 Å². The van der Waals surface area contributed by atoms with Crippen LogP contribution >= 0.6 is 0 Å². The molecule has 4 aromatic rings. The van der Waals surface area contributed by atoms with E-state index in [1.807, 2.05) is 42.5 Å². The van der Waals surface area contributed by atoms with E-state index < -0.39 is 11.6 Å². The summed E-state index contributed by atoms with van der Waals surface area (Å²) in [5.74, 6) is -0.284. The second-order valence-corrected chi connectivity index (χ2v) is 8.11. The Kier molecular flexibility index (Phi) is 6.94. The Morgan fingerprint density at radius 1 is 1.00 bits per heavy atom. The lowest BCUT2D eigenvalue weighted by atomic mass is 10.0. The van der Waals surface area contributed by atoms with E-state index in [1.54, 1.807) is 10.6 Å². The van der Waals surface area contributed by atoms with Gasteiger partial charge in [-0.05, 0) is 41.3 Å².